The van der Waals surface area contributed by atoms with Crippen molar-refractivity contribution in [3.05, 3.63) is 0 Å². The zero-order valence-electron chi connectivity index (χ0n) is 3.43. The van der Waals surface area contributed by atoms with Crippen molar-refractivity contribution in [3.8, 4) is 0 Å². The molecule has 0 nitrogen and oxygen atoms in total. The van der Waals surface area contributed by atoms with Crippen LogP contribution in [-0.2, 0) is 0 Å². The molecular formula is C3H4Br2Cl2. The predicted molar refractivity (Wildman–Crippen MR) is 42.0 cm³/mol. The lowest BCUT2D eigenvalue weighted by Gasteiger charge is -2.09. The van der Waals surface area contributed by atoms with Gasteiger partial charge in [0, 0.05) is 5.33 Å². The smallest absolute Gasteiger partial charge is 0.122 e. The van der Waals surface area contributed by atoms with Crippen LogP contribution in [0.4, 0.5) is 0 Å². The number of alkyl halides is 4. The normalized spacial score (nSPS) is 18.9. The minimum absolute atomic E-state index is 0.403. The average Bonchev–Trinajstić information content (AvgIpc) is 1.68. The lowest BCUT2D eigenvalue weighted by Crippen LogP contribution is -2.14. The van der Waals surface area contributed by atoms with Gasteiger partial charge in [0.2, 0.25) is 0 Å². The first kappa shape index (κ1) is 8.54. The summed E-state index contributed by atoms with van der Waals surface area (Å²) in [5.74, 6) is 0.403. The van der Waals surface area contributed by atoms with Crippen LogP contribution < -0.4 is 0 Å². The molecule has 0 amide bonds. The van der Waals surface area contributed by atoms with Crippen LogP contribution in [0.25, 0.3) is 0 Å². The molecule has 1 atom stereocenters. The minimum atomic E-state index is -0.450. The van der Waals surface area contributed by atoms with Crippen LogP contribution >= 0.6 is 55.1 Å². The van der Waals surface area contributed by atoms with Crippen molar-refractivity contribution in [2.75, 3.05) is 11.2 Å². The molecule has 0 aliphatic rings. The van der Waals surface area contributed by atoms with E-state index in [0.717, 1.165) is 0 Å². The maximum absolute atomic E-state index is 5.64. The van der Waals surface area contributed by atoms with Crippen LogP contribution in [0.2, 0.25) is 0 Å². The van der Waals surface area contributed by atoms with Gasteiger partial charge in [-0.2, -0.15) is 0 Å². The maximum Gasteiger partial charge on any atom is 0.122 e. The quantitative estimate of drug-likeness (QED) is 0.677. The largest absolute Gasteiger partial charge is 0.124 e. The third-order valence-electron chi connectivity index (χ3n) is 0.391. The van der Waals surface area contributed by atoms with Gasteiger partial charge in [-0.1, -0.05) is 31.9 Å². The third kappa shape index (κ3) is 4.07. The summed E-state index contributed by atoms with van der Waals surface area (Å²) in [5.41, 5.74) is 0. The zero-order valence-corrected chi connectivity index (χ0v) is 8.11. The van der Waals surface area contributed by atoms with E-state index in [0.29, 0.717) is 11.2 Å². The first-order valence-electron chi connectivity index (χ1n) is 1.62. The highest BCUT2D eigenvalue weighted by molar-refractivity contribution is 9.12. The fourth-order valence-corrected chi connectivity index (χ4v) is 0.557. The van der Waals surface area contributed by atoms with Gasteiger partial charge in [0.25, 0.3) is 0 Å². The van der Waals surface area contributed by atoms with E-state index in [4.69, 9.17) is 23.2 Å². The Morgan fingerprint density at radius 1 is 1.57 bits per heavy atom. The molecule has 0 radical (unpaired) electrons. The summed E-state index contributed by atoms with van der Waals surface area (Å²) in [6.07, 6.45) is 0. The van der Waals surface area contributed by atoms with Crippen LogP contribution in [0.15, 0.2) is 0 Å². The second-order valence-corrected chi connectivity index (χ2v) is 4.65. The molecule has 0 aliphatic carbocycles. The van der Waals surface area contributed by atoms with E-state index in [1.165, 1.54) is 0 Å². The van der Waals surface area contributed by atoms with E-state index in [-0.39, 0.29) is 0 Å². The minimum Gasteiger partial charge on any atom is -0.124 e. The van der Waals surface area contributed by atoms with Crippen molar-refractivity contribution < 1.29 is 0 Å². The summed E-state index contributed by atoms with van der Waals surface area (Å²) in [6, 6.07) is 0. The summed E-state index contributed by atoms with van der Waals surface area (Å²) >= 11 is 17.4. The molecule has 0 saturated carbocycles. The summed E-state index contributed by atoms with van der Waals surface area (Å²) in [6.45, 7) is 0. The average molecular weight is 271 g/mol. The number of hydrogen-bond donors (Lipinski definition) is 0. The second-order valence-electron chi connectivity index (χ2n) is 1.12. The Morgan fingerprint density at radius 3 is 2.00 bits per heavy atom. The molecule has 7 heavy (non-hydrogen) atoms. The molecule has 0 aromatic rings. The van der Waals surface area contributed by atoms with Crippen LogP contribution in [0.3, 0.4) is 0 Å². The summed E-state index contributed by atoms with van der Waals surface area (Å²) in [5, 5.41) is 0.658. The molecule has 0 heterocycles. The van der Waals surface area contributed by atoms with Gasteiger partial charge in [-0.15, -0.1) is 23.2 Å². The number of halogens is 4. The highest BCUT2D eigenvalue weighted by Gasteiger charge is 2.18. The molecule has 0 aliphatic heterocycles. The van der Waals surface area contributed by atoms with Crippen LogP contribution in [0.5, 0.6) is 0 Å². The Morgan fingerprint density at radius 2 is 2.00 bits per heavy atom. The monoisotopic (exact) mass is 268 g/mol. The summed E-state index contributed by atoms with van der Waals surface area (Å²) in [7, 11) is 0. The number of hydrogen-bond acceptors (Lipinski definition) is 0. The molecule has 0 spiro atoms. The predicted octanol–water partition coefficient (Wildman–Crippen LogP) is 2.95. The SMILES string of the molecule is ClCC(Cl)(Br)CBr. The highest BCUT2D eigenvalue weighted by Crippen LogP contribution is 2.26. The third-order valence-corrected chi connectivity index (χ3v) is 4.17. The zero-order chi connectivity index (χ0) is 5.91. The van der Waals surface area contributed by atoms with E-state index in [2.05, 4.69) is 31.9 Å². The number of rotatable bonds is 2. The molecule has 0 N–H and O–H groups in total. The Kier molecular flexibility index (Phi) is 4.32. The van der Waals surface area contributed by atoms with E-state index in [9.17, 15) is 0 Å². The lowest BCUT2D eigenvalue weighted by molar-refractivity contribution is 1.07. The molecule has 1 unspecified atom stereocenters. The van der Waals surface area contributed by atoms with E-state index >= 15 is 0 Å². The van der Waals surface area contributed by atoms with E-state index in [1.807, 2.05) is 0 Å². The van der Waals surface area contributed by atoms with Crippen molar-refractivity contribution in [3.63, 3.8) is 0 Å². The van der Waals surface area contributed by atoms with Gasteiger partial charge in [-0.25, -0.2) is 0 Å². The molecule has 4 heteroatoms. The molecule has 0 fully saturated rings. The Bertz CT molecular complexity index is 48.9. The molecule has 0 aromatic carbocycles. The van der Waals surface area contributed by atoms with Gasteiger partial charge >= 0.3 is 0 Å². The molecule has 0 aromatic heterocycles. The van der Waals surface area contributed by atoms with Gasteiger partial charge in [-0.3, -0.25) is 0 Å². The van der Waals surface area contributed by atoms with Crippen molar-refractivity contribution in [1.82, 2.24) is 0 Å². The van der Waals surface area contributed by atoms with Crippen molar-refractivity contribution in [2.24, 2.45) is 0 Å². The topological polar surface area (TPSA) is 0 Å². The first-order valence-corrected chi connectivity index (χ1v) is 4.45. The highest BCUT2D eigenvalue weighted by atomic mass is 79.9. The summed E-state index contributed by atoms with van der Waals surface area (Å²) < 4.78 is -0.450. The fraction of sp³-hybridized carbons (Fsp3) is 1.00. The maximum atomic E-state index is 5.64. The van der Waals surface area contributed by atoms with E-state index in [1.54, 1.807) is 0 Å². The van der Waals surface area contributed by atoms with Crippen LogP contribution in [-0.4, -0.2) is 15.0 Å². The van der Waals surface area contributed by atoms with Gasteiger partial charge < -0.3 is 0 Å². The Balaban J connectivity index is 3.36. The Hall–Kier alpha value is 1.54. The van der Waals surface area contributed by atoms with Gasteiger partial charge in [0.15, 0.2) is 0 Å². The molecule has 44 valence electrons. The second kappa shape index (κ2) is 3.54. The molecular weight excluding hydrogens is 267 g/mol. The molecule has 0 saturated heterocycles. The van der Waals surface area contributed by atoms with Crippen molar-refractivity contribution in [2.45, 2.75) is 3.78 Å². The first-order chi connectivity index (χ1) is 3.12. The van der Waals surface area contributed by atoms with Gasteiger partial charge in [-0.05, 0) is 0 Å². The van der Waals surface area contributed by atoms with E-state index < -0.39 is 3.78 Å². The van der Waals surface area contributed by atoms with Crippen molar-refractivity contribution in [1.29, 1.82) is 0 Å². The standard InChI is InChI=1S/C3H4Br2Cl2/c4-1-3(5,7)2-6/h1-2H2. The van der Waals surface area contributed by atoms with Gasteiger partial charge in [0.05, 0.1) is 5.88 Å². The van der Waals surface area contributed by atoms with Crippen LogP contribution in [0.1, 0.15) is 0 Å². The Labute approximate surface area is 69.8 Å². The lowest BCUT2D eigenvalue weighted by atomic mass is 10.6. The van der Waals surface area contributed by atoms with Gasteiger partial charge in [0.1, 0.15) is 3.78 Å². The molecule has 0 rings (SSSR count). The van der Waals surface area contributed by atoms with Crippen LogP contribution in [0, 0.1) is 0 Å². The summed E-state index contributed by atoms with van der Waals surface area (Å²) in [4.78, 5) is 0. The molecule has 0 bridgehead atoms. The fourth-order valence-electron chi connectivity index (χ4n) is 0.0357. The van der Waals surface area contributed by atoms with Crippen molar-refractivity contribution >= 4 is 55.1 Å².